The van der Waals surface area contributed by atoms with Crippen LogP contribution in [0.25, 0.3) is 0 Å². The Morgan fingerprint density at radius 3 is 2.58 bits per heavy atom. The molecule has 1 aliphatic heterocycles. The first-order valence-electron chi connectivity index (χ1n) is 8.95. The summed E-state index contributed by atoms with van der Waals surface area (Å²) in [5.41, 5.74) is 2.75. The molecule has 0 atom stereocenters. The molecule has 0 saturated carbocycles. The summed E-state index contributed by atoms with van der Waals surface area (Å²) in [6.07, 6.45) is 4.30. The number of benzene rings is 1. The van der Waals surface area contributed by atoms with Gasteiger partial charge in [0.1, 0.15) is 5.75 Å². The number of aromatic nitrogens is 1. The van der Waals surface area contributed by atoms with Crippen molar-refractivity contribution >= 4 is 11.6 Å². The van der Waals surface area contributed by atoms with Gasteiger partial charge in [0.25, 0.3) is 5.91 Å². The van der Waals surface area contributed by atoms with Crippen LogP contribution in [0, 0.1) is 0 Å². The standard InChI is InChI=1S/C20H26N4O2/c1-23-9-11-24(12-10-23)20(25)17-13-18(15-21-14-17)22-8-7-16-3-5-19(26-2)6-4-16/h3-6,13-15,22H,7-12H2,1-2H3. The summed E-state index contributed by atoms with van der Waals surface area (Å²) in [4.78, 5) is 21.0. The molecule has 0 unspecified atom stereocenters. The zero-order valence-electron chi connectivity index (χ0n) is 15.4. The Kier molecular flexibility index (Phi) is 6.07. The molecule has 1 aromatic heterocycles. The van der Waals surface area contributed by atoms with Crippen LogP contribution < -0.4 is 10.1 Å². The summed E-state index contributed by atoms with van der Waals surface area (Å²) in [5, 5.41) is 3.35. The van der Waals surface area contributed by atoms with Crippen LogP contribution >= 0.6 is 0 Å². The van der Waals surface area contributed by atoms with E-state index >= 15 is 0 Å². The molecular formula is C20H26N4O2. The van der Waals surface area contributed by atoms with Crippen LogP contribution in [0.2, 0.25) is 0 Å². The maximum Gasteiger partial charge on any atom is 0.255 e. The quantitative estimate of drug-likeness (QED) is 0.861. The number of amides is 1. The van der Waals surface area contributed by atoms with Crippen LogP contribution in [-0.4, -0.2) is 67.6 Å². The van der Waals surface area contributed by atoms with Gasteiger partial charge < -0.3 is 19.9 Å². The first kappa shape index (κ1) is 18.2. The molecule has 1 aromatic carbocycles. The van der Waals surface area contributed by atoms with Crippen molar-refractivity contribution in [1.29, 1.82) is 0 Å². The second-order valence-electron chi connectivity index (χ2n) is 6.58. The van der Waals surface area contributed by atoms with Crippen LogP contribution in [0.5, 0.6) is 5.75 Å². The molecule has 6 nitrogen and oxygen atoms in total. The SMILES string of the molecule is COc1ccc(CCNc2cncc(C(=O)N3CCN(C)CC3)c2)cc1. The molecule has 0 aliphatic carbocycles. The fourth-order valence-electron chi connectivity index (χ4n) is 2.99. The second kappa shape index (κ2) is 8.67. The van der Waals surface area contributed by atoms with Crippen molar-refractivity contribution in [2.45, 2.75) is 6.42 Å². The zero-order valence-corrected chi connectivity index (χ0v) is 15.4. The predicted molar refractivity (Wildman–Crippen MR) is 103 cm³/mol. The van der Waals surface area contributed by atoms with Gasteiger partial charge in [-0.3, -0.25) is 9.78 Å². The van der Waals surface area contributed by atoms with Crippen molar-refractivity contribution < 1.29 is 9.53 Å². The lowest BCUT2D eigenvalue weighted by molar-refractivity contribution is 0.0663. The summed E-state index contributed by atoms with van der Waals surface area (Å²) in [6.45, 7) is 4.15. The maximum atomic E-state index is 12.6. The van der Waals surface area contributed by atoms with E-state index in [9.17, 15) is 4.79 Å². The highest BCUT2D eigenvalue weighted by Crippen LogP contribution is 2.14. The Bertz CT molecular complexity index is 725. The Morgan fingerprint density at radius 2 is 1.88 bits per heavy atom. The fraction of sp³-hybridized carbons (Fsp3) is 0.400. The molecule has 6 heteroatoms. The van der Waals surface area contributed by atoms with Crippen LogP contribution in [0.3, 0.4) is 0 Å². The summed E-state index contributed by atoms with van der Waals surface area (Å²) in [6, 6.07) is 9.94. The molecule has 1 saturated heterocycles. The summed E-state index contributed by atoms with van der Waals surface area (Å²) >= 11 is 0. The lowest BCUT2D eigenvalue weighted by Crippen LogP contribution is -2.47. The lowest BCUT2D eigenvalue weighted by Gasteiger charge is -2.32. The van der Waals surface area contributed by atoms with E-state index in [0.29, 0.717) is 5.56 Å². The summed E-state index contributed by atoms with van der Waals surface area (Å²) in [7, 11) is 3.75. The maximum absolute atomic E-state index is 12.6. The van der Waals surface area contributed by atoms with Gasteiger partial charge in [-0.15, -0.1) is 0 Å². The smallest absolute Gasteiger partial charge is 0.255 e. The van der Waals surface area contributed by atoms with E-state index in [1.807, 2.05) is 23.1 Å². The van der Waals surface area contributed by atoms with E-state index in [1.165, 1.54) is 5.56 Å². The number of ether oxygens (including phenoxy) is 1. The van der Waals surface area contributed by atoms with Crippen molar-refractivity contribution in [2.75, 3.05) is 52.2 Å². The van der Waals surface area contributed by atoms with Gasteiger partial charge in [0, 0.05) is 45.1 Å². The number of nitrogens with zero attached hydrogens (tertiary/aromatic N) is 3. The van der Waals surface area contributed by atoms with Gasteiger partial charge in [0.05, 0.1) is 18.4 Å². The molecule has 26 heavy (non-hydrogen) atoms. The molecule has 1 fully saturated rings. The van der Waals surface area contributed by atoms with Gasteiger partial charge >= 0.3 is 0 Å². The highest BCUT2D eigenvalue weighted by Gasteiger charge is 2.20. The number of carbonyl (C=O) groups is 1. The third-order valence-electron chi connectivity index (χ3n) is 4.68. The van der Waals surface area contributed by atoms with Crippen molar-refractivity contribution in [2.24, 2.45) is 0 Å². The van der Waals surface area contributed by atoms with Gasteiger partial charge in [0.2, 0.25) is 0 Å². The Labute approximate surface area is 154 Å². The van der Waals surface area contributed by atoms with Crippen LogP contribution in [0.1, 0.15) is 15.9 Å². The first-order valence-corrected chi connectivity index (χ1v) is 8.95. The van der Waals surface area contributed by atoms with Gasteiger partial charge in [-0.25, -0.2) is 0 Å². The normalized spacial score (nSPS) is 14.9. The van der Waals surface area contributed by atoms with Crippen molar-refractivity contribution in [3.05, 3.63) is 53.9 Å². The van der Waals surface area contributed by atoms with Crippen molar-refractivity contribution in [3.63, 3.8) is 0 Å². The number of hydrogen-bond donors (Lipinski definition) is 1. The van der Waals surface area contributed by atoms with Gasteiger partial charge in [0.15, 0.2) is 0 Å². The molecule has 138 valence electrons. The van der Waals surface area contributed by atoms with Crippen LogP contribution in [0.15, 0.2) is 42.7 Å². The highest BCUT2D eigenvalue weighted by molar-refractivity contribution is 5.94. The molecule has 0 bridgehead atoms. The highest BCUT2D eigenvalue weighted by atomic mass is 16.5. The number of anilines is 1. The molecule has 2 heterocycles. The van der Waals surface area contributed by atoms with E-state index < -0.39 is 0 Å². The molecular weight excluding hydrogens is 328 g/mol. The minimum atomic E-state index is 0.0596. The largest absolute Gasteiger partial charge is 0.497 e. The number of piperazine rings is 1. The Balaban J connectivity index is 1.54. The average Bonchev–Trinajstić information content (AvgIpc) is 2.69. The zero-order chi connectivity index (χ0) is 18.4. The molecule has 0 spiro atoms. The lowest BCUT2D eigenvalue weighted by atomic mass is 10.1. The Hall–Kier alpha value is -2.60. The first-order chi connectivity index (χ1) is 12.7. The van der Waals surface area contributed by atoms with E-state index in [2.05, 4.69) is 34.4 Å². The van der Waals surface area contributed by atoms with E-state index in [1.54, 1.807) is 19.5 Å². The number of rotatable bonds is 6. The minimum absolute atomic E-state index is 0.0596. The number of pyridine rings is 1. The van der Waals surface area contributed by atoms with Gasteiger partial charge in [-0.2, -0.15) is 0 Å². The third-order valence-corrected chi connectivity index (χ3v) is 4.68. The number of methoxy groups -OCH3 is 1. The molecule has 1 N–H and O–H groups in total. The number of nitrogens with one attached hydrogen (secondary N) is 1. The van der Waals surface area contributed by atoms with E-state index in [0.717, 1.165) is 50.6 Å². The monoisotopic (exact) mass is 354 g/mol. The van der Waals surface area contributed by atoms with Crippen molar-refractivity contribution in [3.8, 4) is 5.75 Å². The Morgan fingerprint density at radius 1 is 1.15 bits per heavy atom. The summed E-state index contributed by atoms with van der Waals surface area (Å²) in [5.74, 6) is 0.922. The number of carbonyl (C=O) groups excluding carboxylic acids is 1. The molecule has 0 radical (unpaired) electrons. The number of likely N-dealkylation sites (N-methyl/N-ethyl adjacent to an activating group) is 1. The van der Waals surface area contributed by atoms with E-state index in [4.69, 9.17) is 4.74 Å². The van der Waals surface area contributed by atoms with E-state index in [-0.39, 0.29) is 5.91 Å². The average molecular weight is 354 g/mol. The predicted octanol–water partition coefficient (Wildman–Crippen LogP) is 2.13. The molecule has 1 aliphatic rings. The number of hydrogen-bond acceptors (Lipinski definition) is 5. The molecule has 2 aromatic rings. The van der Waals surface area contributed by atoms with Gasteiger partial charge in [-0.1, -0.05) is 12.1 Å². The fourth-order valence-corrected chi connectivity index (χ4v) is 2.99. The second-order valence-corrected chi connectivity index (χ2v) is 6.58. The van der Waals surface area contributed by atoms with Crippen LogP contribution in [-0.2, 0) is 6.42 Å². The molecule has 1 amide bonds. The topological polar surface area (TPSA) is 57.7 Å². The van der Waals surface area contributed by atoms with Crippen molar-refractivity contribution in [1.82, 2.24) is 14.8 Å². The third kappa shape index (κ3) is 4.73. The summed E-state index contributed by atoms with van der Waals surface area (Å²) < 4.78 is 5.17. The molecule has 3 rings (SSSR count). The van der Waals surface area contributed by atoms with Crippen LogP contribution in [0.4, 0.5) is 5.69 Å². The minimum Gasteiger partial charge on any atom is -0.497 e. The van der Waals surface area contributed by atoms with Gasteiger partial charge in [-0.05, 0) is 37.2 Å².